The molecule has 1 aliphatic rings. The maximum atomic E-state index is 12.4. The topological polar surface area (TPSA) is 102 Å². The Bertz CT molecular complexity index is 984. The number of benzene rings is 1. The molecule has 1 atom stereocenters. The van der Waals surface area contributed by atoms with Crippen LogP contribution in [0.15, 0.2) is 41.4 Å². The monoisotopic (exact) mass is 388 g/mol. The normalized spacial score (nSPS) is 17.6. The smallest absolute Gasteiger partial charge is 0.296 e. The third kappa shape index (κ3) is 4.06. The summed E-state index contributed by atoms with van der Waals surface area (Å²) in [5.41, 5.74) is 2.48. The standard InChI is InChI=1S/C19H20N2O5S/c1-3-26-27(24,25)17-8-4-12(2)10-15(17)16-7-5-13(11-20-16)14-6-9-18(22)21-19(14)23/h4-5,7-8,10-11,14H,3,6,9H2,1-2H3,(H,21,22,23). The molecule has 0 saturated carbocycles. The molecular weight excluding hydrogens is 368 g/mol. The first-order valence-electron chi connectivity index (χ1n) is 8.62. The molecule has 1 unspecified atom stereocenters. The number of nitrogens with one attached hydrogen (secondary N) is 1. The van der Waals surface area contributed by atoms with Crippen molar-refractivity contribution in [2.24, 2.45) is 0 Å². The Morgan fingerprint density at radius 2 is 2.00 bits per heavy atom. The Kier molecular flexibility index (Phi) is 5.38. The van der Waals surface area contributed by atoms with E-state index in [4.69, 9.17) is 4.18 Å². The maximum absolute atomic E-state index is 12.4. The highest BCUT2D eigenvalue weighted by atomic mass is 32.2. The second-order valence-electron chi connectivity index (χ2n) is 6.34. The van der Waals surface area contributed by atoms with Gasteiger partial charge in [-0.2, -0.15) is 8.42 Å². The van der Waals surface area contributed by atoms with Gasteiger partial charge in [0.15, 0.2) is 0 Å². The van der Waals surface area contributed by atoms with Crippen LogP contribution in [0.2, 0.25) is 0 Å². The van der Waals surface area contributed by atoms with Gasteiger partial charge in [-0.15, -0.1) is 0 Å². The van der Waals surface area contributed by atoms with Gasteiger partial charge in [0.1, 0.15) is 4.90 Å². The summed E-state index contributed by atoms with van der Waals surface area (Å²) >= 11 is 0. The molecule has 1 N–H and O–H groups in total. The van der Waals surface area contributed by atoms with Crippen LogP contribution in [0.5, 0.6) is 0 Å². The lowest BCUT2D eigenvalue weighted by atomic mass is 9.91. The summed E-state index contributed by atoms with van der Waals surface area (Å²) in [6.07, 6.45) is 2.27. The minimum absolute atomic E-state index is 0.0392. The molecule has 1 aromatic carbocycles. The average Bonchev–Trinajstić information content (AvgIpc) is 2.61. The molecule has 0 spiro atoms. The van der Waals surface area contributed by atoms with Crippen LogP contribution in [0.4, 0.5) is 0 Å². The predicted molar refractivity (Wildman–Crippen MR) is 98.3 cm³/mol. The first-order chi connectivity index (χ1) is 12.8. The van der Waals surface area contributed by atoms with Gasteiger partial charge in [0, 0.05) is 18.2 Å². The molecule has 8 heteroatoms. The number of amides is 2. The average molecular weight is 388 g/mol. The molecule has 1 aliphatic heterocycles. The number of carbonyl (C=O) groups excluding carboxylic acids is 2. The number of hydrogen-bond donors (Lipinski definition) is 1. The fourth-order valence-electron chi connectivity index (χ4n) is 3.06. The first kappa shape index (κ1) is 19.2. The molecular formula is C19H20N2O5S. The second-order valence-corrected chi connectivity index (χ2v) is 7.92. The Labute approximate surface area is 157 Å². The number of pyridine rings is 1. The Balaban J connectivity index is 1.97. The molecule has 7 nitrogen and oxygen atoms in total. The molecule has 2 amide bonds. The molecule has 2 aromatic rings. The van der Waals surface area contributed by atoms with Crippen molar-refractivity contribution in [2.75, 3.05) is 6.61 Å². The number of hydrogen-bond acceptors (Lipinski definition) is 6. The lowest BCUT2D eigenvalue weighted by Crippen LogP contribution is -2.39. The van der Waals surface area contributed by atoms with Crippen LogP contribution in [-0.2, 0) is 23.9 Å². The minimum atomic E-state index is -3.89. The van der Waals surface area contributed by atoms with E-state index in [9.17, 15) is 18.0 Å². The summed E-state index contributed by atoms with van der Waals surface area (Å²) in [6.45, 7) is 3.51. The van der Waals surface area contributed by atoms with E-state index in [1.807, 2.05) is 6.92 Å². The highest BCUT2D eigenvalue weighted by Gasteiger charge is 2.28. The van der Waals surface area contributed by atoms with E-state index >= 15 is 0 Å². The SMILES string of the molecule is CCOS(=O)(=O)c1ccc(C)cc1-c1ccc(C2CCC(=O)NC2=O)cn1. The van der Waals surface area contributed by atoms with E-state index in [0.717, 1.165) is 5.56 Å². The molecule has 0 radical (unpaired) electrons. The minimum Gasteiger partial charge on any atom is -0.296 e. The van der Waals surface area contributed by atoms with Crippen molar-refractivity contribution in [1.82, 2.24) is 10.3 Å². The van der Waals surface area contributed by atoms with Crippen molar-refractivity contribution in [1.29, 1.82) is 0 Å². The highest BCUT2D eigenvalue weighted by Crippen LogP contribution is 2.30. The quantitative estimate of drug-likeness (QED) is 0.623. The van der Waals surface area contributed by atoms with Gasteiger partial charge in [0.2, 0.25) is 11.8 Å². The lowest BCUT2D eigenvalue weighted by molar-refractivity contribution is -0.134. The number of aryl methyl sites for hydroxylation is 1. The number of rotatable bonds is 5. The lowest BCUT2D eigenvalue weighted by Gasteiger charge is -2.21. The third-order valence-corrected chi connectivity index (χ3v) is 5.82. The maximum Gasteiger partial charge on any atom is 0.297 e. The van der Waals surface area contributed by atoms with Crippen LogP contribution >= 0.6 is 0 Å². The number of nitrogens with zero attached hydrogens (tertiary/aromatic N) is 1. The van der Waals surface area contributed by atoms with Gasteiger partial charge in [-0.3, -0.25) is 24.1 Å². The highest BCUT2D eigenvalue weighted by molar-refractivity contribution is 7.87. The van der Waals surface area contributed by atoms with E-state index in [1.54, 1.807) is 37.4 Å². The second kappa shape index (κ2) is 7.58. The van der Waals surface area contributed by atoms with Crippen molar-refractivity contribution < 1.29 is 22.2 Å². The van der Waals surface area contributed by atoms with Crippen LogP contribution in [0.3, 0.4) is 0 Å². The molecule has 1 fully saturated rings. The molecule has 0 bridgehead atoms. The van der Waals surface area contributed by atoms with Gasteiger partial charge in [0.05, 0.1) is 18.2 Å². The summed E-state index contributed by atoms with van der Waals surface area (Å²) in [7, 11) is -3.89. The third-order valence-electron chi connectivity index (χ3n) is 4.38. The fourth-order valence-corrected chi connectivity index (χ4v) is 4.17. The van der Waals surface area contributed by atoms with Gasteiger partial charge >= 0.3 is 0 Å². The molecule has 1 saturated heterocycles. The molecule has 2 heterocycles. The van der Waals surface area contributed by atoms with Crippen LogP contribution in [0.1, 0.15) is 36.8 Å². The number of imide groups is 1. The zero-order chi connectivity index (χ0) is 19.6. The van der Waals surface area contributed by atoms with Crippen molar-refractivity contribution in [3.8, 4) is 11.3 Å². The van der Waals surface area contributed by atoms with Gasteiger partial charge in [-0.05, 0) is 44.0 Å². The van der Waals surface area contributed by atoms with E-state index in [1.165, 1.54) is 6.07 Å². The fraction of sp³-hybridized carbons (Fsp3) is 0.316. The van der Waals surface area contributed by atoms with Crippen molar-refractivity contribution in [3.63, 3.8) is 0 Å². The predicted octanol–water partition coefficient (Wildman–Crippen LogP) is 2.30. The Morgan fingerprint density at radius 1 is 1.22 bits per heavy atom. The Morgan fingerprint density at radius 3 is 2.63 bits per heavy atom. The number of carbonyl (C=O) groups is 2. The van der Waals surface area contributed by atoms with E-state index < -0.39 is 16.0 Å². The van der Waals surface area contributed by atoms with Crippen LogP contribution in [-0.4, -0.2) is 31.8 Å². The first-order valence-corrected chi connectivity index (χ1v) is 10.0. The molecule has 3 rings (SSSR count). The molecule has 1 aromatic heterocycles. The molecule has 0 aliphatic carbocycles. The molecule has 142 valence electrons. The summed E-state index contributed by atoms with van der Waals surface area (Å²) < 4.78 is 29.7. The number of aromatic nitrogens is 1. The summed E-state index contributed by atoms with van der Waals surface area (Å²) in [5.74, 6) is -1.05. The van der Waals surface area contributed by atoms with Crippen molar-refractivity contribution in [3.05, 3.63) is 47.7 Å². The van der Waals surface area contributed by atoms with Gasteiger partial charge in [-0.25, -0.2) is 0 Å². The van der Waals surface area contributed by atoms with Crippen molar-refractivity contribution in [2.45, 2.75) is 37.5 Å². The van der Waals surface area contributed by atoms with E-state index in [2.05, 4.69) is 10.3 Å². The van der Waals surface area contributed by atoms with Gasteiger partial charge in [0.25, 0.3) is 10.1 Å². The zero-order valence-corrected chi connectivity index (χ0v) is 15.9. The van der Waals surface area contributed by atoms with E-state index in [-0.39, 0.29) is 29.7 Å². The molecule has 27 heavy (non-hydrogen) atoms. The van der Waals surface area contributed by atoms with Crippen LogP contribution in [0.25, 0.3) is 11.3 Å². The van der Waals surface area contributed by atoms with Crippen LogP contribution < -0.4 is 5.32 Å². The van der Waals surface area contributed by atoms with Gasteiger partial charge in [-0.1, -0.05) is 17.7 Å². The summed E-state index contributed by atoms with van der Waals surface area (Å²) in [6, 6.07) is 8.36. The Hall–Kier alpha value is -2.58. The zero-order valence-electron chi connectivity index (χ0n) is 15.1. The van der Waals surface area contributed by atoms with Crippen LogP contribution in [0, 0.1) is 6.92 Å². The van der Waals surface area contributed by atoms with E-state index in [0.29, 0.717) is 23.2 Å². The number of piperidine rings is 1. The largest absolute Gasteiger partial charge is 0.297 e. The van der Waals surface area contributed by atoms with Gasteiger partial charge < -0.3 is 0 Å². The summed E-state index contributed by atoms with van der Waals surface area (Å²) in [5, 5.41) is 2.32. The summed E-state index contributed by atoms with van der Waals surface area (Å²) in [4.78, 5) is 27.7. The van der Waals surface area contributed by atoms with Crippen molar-refractivity contribution >= 4 is 21.9 Å².